The number of nitrogens with one attached hydrogen (secondary N) is 1. The molecule has 0 saturated carbocycles. The van der Waals surface area contributed by atoms with E-state index in [0.717, 1.165) is 16.2 Å². The number of carbonyl (C=O) groups is 1. The number of aryl methyl sites for hydroxylation is 1. The molecule has 0 aliphatic rings. The van der Waals surface area contributed by atoms with Gasteiger partial charge in [0.05, 0.1) is 4.88 Å². The summed E-state index contributed by atoms with van der Waals surface area (Å²) in [5.41, 5.74) is 0.0592. The lowest BCUT2D eigenvalue weighted by Crippen LogP contribution is -2.33. The van der Waals surface area contributed by atoms with Gasteiger partial charge in [-0.2, -0.15) is 0 Å². The number of amides is 1. The maximum Gasteiger partial charge on any atom is 0.261 e. The predicted molar refractivity (Wildman–Crippen MR) is 70.5 cm³/mol. The highest BCUT2D eigenvalue weighted by Gasteiger charge is 2.18. The van der Waals surface area contributed by atoms with Crippen LogP contribution in [0.1, 0.15) is 34.8 Å². The summed E-state index contributed by atoms with van der Waals surface area (Å²) in [6.07, 6.45) is 0.901. The SMILES string of the molecule is Cc1ccc(C(=O)NCC(C)(C)CCCl)s1. The highest BCUT2D eigenvalue weighted by Crippen LogP contribution is 2.20. The van der Waals surface area contributed by atoms with E-state index in [1.807, 2.05) is 19.1 Å². The number of thiophene rings is 1. The van der Waals surface area contributed by atoms with Crippen molar-refractivity contribution in [3.63, 3.8) is 0 Å². The Morgan fingerprint density at radius 1 is 1.50 bits per heavy atom. The molecular weight excluding hydrogens is 242 g/mol. The van der Waals surface area contributed by atoms with E-state index in [1.54, 1.807) is 0 Å². The Bertz CT molecular complexity index is 360. The second-order valence-corrected chi connectivity index (χ2v) is 6.36. The summed E-state index contributed by atoms with van der Waals surface area (Å²) >= 11 is 7.23. The summed E-state index contributed by atoms with van der Waals surface area (Å²) < 4.78 is 0. The minimum Gasteiger partial charge on any atom is -0.351 e. The van der Waals surface area contributed by atoms with Crippen LogP contribution in [0.2, 0.25) is 0 Å². The zero-order valence-corrected chi connectivity index (χ0v) is 11.5. The Kier molecular flexibility index (Phi) is 4.81. The number of hydrogen-bond donors (Lipinski definition) is 1. The van der Waals surface area contributed by atoms with Gasteiger partial charge in [-0.1, -0.05) is 13.8 Å². The molecular formula is C12H18ClNOS. The lowest BCUT2D eigenvalue weighted by atomic mass is 9.90. The van der Waals surface area contributed by atoms with Crippen molar-refractivity contribution in [3.8, 4) is 0 Å². The maximum absolute atomic E-state index is 11.8. The van der Waals surface area contributed by atoms with Gasteiger partial charge in [0.25, 0.3) is 5.91 Å². The molecule has 90 valence electrons. The van der Waals surface area contributed by atoms with Gasteiger partial charge in [0.15, 0.2) is 0 Å². The van der Waals surface area contributed by atoms with Crippen LogP contribution in [0.5, 0.6) is 0 Å². The summed E-state index contributed by atoms with van der Waals surface area (Å²) in [6.45, 7) is 6.87. The van der Waals surface area contributed by atoms with Crippen molar-refractivity contribution in [2.75, 3.05) is 12.4 Å². The van der Waals surface area contributed by atoms with E-state index >= 15 is 0 Å². The lowest BCUT2D eigenvalue weighted by Gasteiger charge is -2.23. The van der Waals surface area contributed by atoms with Gasteiger partial charge in [0.2, 0.25) is 0 Å². The number of alkyl halides is 1. The zero-order chi connectivity index (χ0) is 12.2. The summed E-state index contributed by atoms with van der Waals surface area (Å²) in [5.74, 6) is 0.641. The molecule has 0 saturated heterocycles. The molecule has 0 spiro atoms. The molecule has 2 nitrogen and oxygen atoms in total. The fraction of sp³-hybridized carbons (Fsp3) is 0.583. The molecule has 1 N–H and O–H groups in total. The Morgan fingerprint density at radius 2 is 2.19 bits per heavy atom. The third kappa shape index (κ3) is 4.14. The Labute approximate surface area is 106 Å². The van der Waals surface area contributed by atoms with Crippen LogP contribution in [0.3, 0.4) is 0 Å². The first-order chi connectivity index (χ1) is 7.44. The van der Waals surface area contributed by atoms with Gasteiger partial charge in [-0.05, 0) is 30.9 Å². The van der Waals surface area contributed by atoms with Gasteiger partial charge in [0, 0.05) is 17.3 Å². The van der Waals surface area contributed by atoms with E-state index < -0.39 is 0 Å². The normalized spacial score (nSPS) is 11.5. The third-order valence-electron chi connectivity index (χ3n) is 2.46. The van der Waals surface area contributed by atoms with Gasteiger partial charge < -0.3 is 5.32 Å². The van der Waals surface area contributed by atoms with Crippen molar-refractivity contribution < 1.29 is 4.79 Å². The molecule has 0 radical (unpaired) electrons. The van der Waals surface area contributed by atoms with Crippen molar-refractivity contribution >= 4 is 28.8 Å². The minimum absolute atomic E-state index is 0.0146. The summed E-state index contributed by atoms with van der Waals surface area (Å²) in [4.78, 5) is 13.7. The quantitative estimate of drug-likeness (QED) is 0.807. The molecule has 1 aromatic heterocycles. The van der Waals surface area contributed by atoms with Crippen LogP contribution >= 0.6 is 22.9 Å². The van der Waals surface area contributed by atoms with Crippen LogP contribution in [0, 0.1) is 12.3 Å². The van der Waals surface area contributed by atoms with Crippen LogP contribution in [-0.2, 0) is 0 Å². The van der Waals surface area contributed by atoms with Crippen LogP contribution in [0.25, 0.3) is 0 Å². The Hall–Kier alpha value is -0.540. The Balaban J connectivity index is 2.47. The maximum atomic E-state index is 11.8. The molecule has 1 aromatic rings. The van der Waals surface area contributed by atoms with Gasteiger partial charge in [-0.15, -0.1) is 22.9 Å². The number of halogens is 1. The molecule has 0 aromatic carbocycles. The highest BCUT2D eigenvalue weighted by atomic mass is 35.5. The van der Waals surface area contributed by atoms with Crippen molar-refractivity contribution in [2.45, 2.75) is 27.2 Å². The molecule has 1 heterocycles. The second kappa shape index (κ2) is 5.69. The van der Waals surface area contributed by atoms with Crippen LogP contribution in [0.15, 0.2) is 12.1 Å². The highest BCUT2D eigenvalue weighted by molar-refractivity contribution is 7.13. The van der Waals surface area contributed by atoms with E-state index in [9.17, 15) is 4.79 Å². The number of rotatable bonds is 5. The fourth-order valence-electron chi connectivity index (χ4n) is 1.31. The topological polar surface area (TPSA) is 29.1 Å². The molecule has 1 amide bonds. The van der Waals surface area contributed by atoms with Gasteiger partial charge in [-0.3, -0.25) is 4.79 Å². The van der Waals surface area contributed by atoms with E-state index in [1.165, 1.54) is 11.3 Å². The second-order valence-electron chi connectivity index (χ2n) is 4.70. The predicted octanol–water partition coefficient (Wildman–Crippen LogP) is 3.44. The zero-order valence-electron chi connectivity index (χ0n) is 9.97. The first kappa shape index (κ1) is 13.5. The van der Waals surface area contributed by atoms with Crippen molar-refractivity contribution in [3.05, 3.63) is 21.9 Å². The lowest BCUT2D eigenvalue weighted by molar-refractivity contribution is 0.0940. The molecule has 0 aliphatic carbocycles. The molecule has 1 rings (SSSR count). The van der Waals surface area contributed by atoms with Crippen molar-refractivity contribution in [1.29, 1.82) is 0 Å². The van der Waals surface area contributed by atoms with Crippen LogP contribution < -0.4 is 5.32 Å². The van der Waals surface area contributed by atoms with Gasteiger partial charge in [-0.25, -0.2) is 0 Å². The molecule has 0 bridgehead atoms. The van der Waals surface area contributed by atoms with Crippen molar-refractivity contribution in [1.82, 2.24) is 5.32 Å². The van der Waals surface area contributed by atoms with E-state index in [-0.39, 0.29) is 11.3 Å². The van der Waals surface area contributed by atoms with Crippen LogP contribution in [-0.4, -0.2) is 18.3 Å². The summed E-state index contributed by atoms with van der Waals surface area (Å²) in [5, 5.41) is 2.95. The molecule has 16 heavy (non-hydrogen) atoms. The smallest absolute Gasteiger partial charge is 0.261 e. The molecule has 0 aliphatic heterocycles. The van der Waals surface area contributed by atoms with Gasteiger partial charge >= 0.3 is 0 Å². The van der Waals surface area contributed by atoms with Crippen LogP contribution in [0.4, 0.5) is 0 Å². The Morgan fingerprint density at radius 3 is 2.69 bits per heavy atom. The number of hydrogen-bond acceptors (Lipinski definition) is 2. The summed E-state index contributed by atoms with van der Waals surface area (Å²) in [6, 6.07) is 3.83. The molecule has 0 atom stereocenters. The fourth-order valence-corrected chi connectivity index (χ4v) is 2.60. The van der Waals surface area contributed by atoms with Crippen molar-refractivity contribution in [2.24, 2.45) is 5.41 Å². The van der Waals surface area contributed by atoms with E-state index in [2.05, 4.69) is 19.2 Å². The average Bonchev–Trinajstić information content (AvgIpc) is 2.61. The standard InChI is InChI=1S/C12H18ClNOS/c1-9-4-5-10(16-9)11(15)14-8-12(2,3)6-7-13/h4-5H,6-8H2,1-3H3,(H,14,15). The average molecular weight is 260 g/mol. The molecule has 0 fully saturated rings. The largest absolute Gasteiger partial charge is 0.351 e. The summed E-state index contributed by atoms with van der Waals surface area (Å²) in [7, 11) is 0. The number of carbonyl (C=O) groups excluding carboxylic acids is 1. The minimum atomic E-state index is 0.0146. The van der Waals surface area contributed by atoms with Gasteiger partial charge in [0.1, 0.15) is 0 Å². The monoisotopic (exact) mass is 259 g/mol. The van der Waals surface area contributed by atoms with E-state index in [0.29, 0.717) is 12.4 Å². The third-order valence-corrected chi connectivity index (χ3v) is 3.65. The molecule has 0 unspecified atom stereocenters. The first-order valence-electron chi connectivity index (χ1n) is 5.35. The molecule has 4 heteroatoms. The van der Waals surface area contributed by atoms with E-state index in [4.69, 9.17) is 11.6 Å². The first-order valence-corrected chi connectivity index (χ1v) is 6.70.